The molecule has 1 saturated carbocycles. The number of hydrogen-bond donors (Lipinski definition) is 3. The number of nitrogens with zero attached hydrogens (tertiary/aromatic N) is 1. The third-order valence-corrected chi connectivity index (χ3v) is 3.77. The van der Waals surface area contributed by atoms with Crippen molar-refractivity contribution in [3.8, 4) is 0 Å². The van der Waals surface area contributed by atoms with Crippen molar-refractivity contribution in [1.29, 1.82) is 0 Å². The number of benzene rings is 1. The minimum Gasteiger partial charge on any atom is -0.481 e. The highest BCUT2D eigenvalue weighted by molar-refractivity contribution is 6.02. The number of carboxylic acids is 1. The van der Waals surface area contributed by atoms with E-state index in [0.29, 0.717) is 17.6 Å². The summed E-state index contributed by atoms with van der Waals surface area (Å²) in [6.45, 7) is -0.203. The minimum absolute atomic E-state index is 0.203. The Kier molecular flexibility index (Phi) is 3.92. The second-order valence-corrected chi connectivity index (χ2v) is 5.43. The van der Waals surface area contributed by atoms with Gasteiger partial charge in [0.15, 0.2) is 0 Å². The fourth-order valence-electron chi connectivity index (χ4n) is 2.46. The minimum atomic E-state index is -0.976. The lowest BCUT2D eigenvalue weighted by atomic mass is 10.2. The first-order valence-corrected chi connectivity index (χ1v) is 7.20. The summed E-state index contributed by atoms with van der Waals surface area (Å²) < 4.78 is 0. The second kappa shape index (κ2) is 6.04. The van der Waals surface area contributed by atoms with Gasteiger partial charge in [-0.05, 0) is 18.6 Å². The van der Waals surface area contributed by atoms with Crippen LogP contribution < -0.4 is 10.6 Å². The summed E-state index contributed by atoms with van der Waals surface area (Å²) in [6, 6.07) is 9.12. The Morgan fingerprint density at radius 2 is 1.96 bits per heavy atom. The highest BCUT2D eigenvalue weighted by Crippen LogP contribution is 2.38. The molecule has 0 aliphatic heterocycles. The van der Waals surface area contributed by atoms with Gasteiger partial charge < -0.3 is 15.7 Å². The number of pyridine rings is 1. The molecule has 23 heavy (non-hydrogen) atoms. The van der Waals surface area contributed by atoms with Gasteiger partial charge >= 0.3 is 5.97 Å². The third kappa shape index (κ3) is 3.28. The lowest BCUT2D eigenvalue weighted by Crippen LogP contribution is -2.34. The Hall–Kier alpha value is -2.96. The van der Waals surface area contributed by atoms with Crippen LogP contribution in [0.25, 0.3) is 10.9 Å². The Morgan fingerprint density at radius 3 is 2.70 bits per heavy atom. The van der Waals surface area contributed by atoms with Gasteiger partial charge in [0.1, 0.15) is 0 Å². The molecule has 2 unspecified atom stereocenters. The molecule has 7 nitrogen and oxygen atoms in total. The quantitative estimate of drug-likeness (QED) is 0.763. The van der Waals surface area contributed by atoms with Crippen molar-refractivity contribution in [2.75, 3.05) is 11.9 Å². The van der Waals surface area contributed by atoms with Crippen molar-refractivity contribution in [3.63, 3.8) is 0 Å². The van der Waals surface area contributed by atoms with Gasteiger partial charge in [0, 0.05) is 11.6 Å². The van der Waals surface area contributed by atoms with Crippen molar-refractivity contribution < 1.29 is 19.5 Å². The van der Waals surface area contributed by atoms with Crippen LogP contribution in [0.5, 0.6) is 0 Å². The summed E-state index contributed by atoms with van der Waals surface area (Å²) in [5, 5.41) is 14.8. The van der Waals surface area contributed by atoms with Crippen molar-refractivity contribution >= 4 is 34.4 Å². The topological polar surface area (TPSA) is 108 Å². The predicted molar refractivity (Wildman–Crippen MR) is 82.6 cm³/mol. The number of amides is 2. The maximum absolute atomic E-state index is 11.9. The van der Waals surface area contributed by atoms with E-state index in [0.717, 1.165) is 5.39 Å². The molecule has 118 valence electrons. The van der Waals surface area contributed by atoms with Crippen LogP contribution in [0.1, 0.15) is 6.42 Å². The van der Waals surface area contributed by atoms with Gasteiger partial charge in [0.2, 0.25) is 11.8 Å². The molecule has 0 bridgehead atoms. The van der Waals surface area contributed by atoms with Crippen LogP contribution in [0.2, 0.25) is 0 Å². The zero-order valence-electron chi connectivity index (χ0n) is 12.2. The van der Waals surface area contributed by atoms with Gasteiger partial charge in [-0.3, -0.25) is 19.4 Å². The molecule has 2 atom stereocenters. The van der Waals surface area contributed by atoms with Gasteiger partial charge in [-0.1, -0.05) is 18.2 Å². The van der Waals surface area contributed by atoms with E-state index in [1.165, 1.54) is 0 Å². The lowest BCUT2D eigenvalue weighted by molar-refractivity contribution is -0.140. The molecule has 3 rings (SSSR count). The molecule has 2 aromatic rings. The summed E-state index contributed by atoms with van der Waals surface area (Å²) in [7, 11) is 0. The first kappa shape index (κ1) is 15.0. The average molecular weight is 313 g/mol. The van der Waals surface area contributed by atoms with Crippen LogP contribution in [-0.2, 0) is 14.4 Å². The zero-order chi connectivity index (χ0) is 16.4. The molecule has 0 saturated heterocycles. The van der Waals surface area contributed by atoms with Gasteiger partial charge in [-0.2, -0.15) is 0 Å². The number of fused-ring (bicyclic) bond motifs is 1. The van der Waals surface area contributed by atoms with Gasteiger partial charge in [-0.15, -0.1) is 0 Å². The van der Waals surface area contributed by atoms with E-state index in [2.05, 4.69) is 15.6 Å². The van der Waals surface area contributed by atoms with E-state index >= 15 is 0 Å². The number of aromatic nitrogens is 1. The number of rotatable bonds is 5. The molecular weight excluding hydrogens is 298 g/mol. The predicted octanol–water partition coefficient (Wildman–Crippen LogP) is 1.01. The normalized spacial score (nSPS) is 19.1. The van der Waals surface area contributed by atoms with E-state index in [-0.39, 0.29) is 12.5 Å². The molecule has 0 spiro atoms. The highest BCUT2D eigenvalue weighted by atomic mass is 16.4. The molecular formula is C16H15N3O4. The maximum atomic E-state index is 11.9. The van der Waals surface area contributed by atoms with E-state index in [1.807, 2.05) is 18.2 Å². The fourth-order valence-corrected chi connectivity index (χ4v) is 2.46. The molecule has 0 radical (unpaired) electrons. The first-order chi connectivity index (χ1) is 11.1. The highest BCUT2D eigenvalue weighted by Gasteiger charge is 2.48. The third-order valence-electron chi connectivity index (χ3n) is 3.77. The van der Waals surface area contributed by atoms with Crippen LogP contribution in [0.4, 0.5) is 5.69 Å². The summed E-state index contributed by atoms with van der Waals surface area (Å²) in [6.07, 6.45) is 1.97. The number of anilines is 1. The Labute approximate surface area is 131 Å². The largest absolute Gasteiger partial charge is 0.481 e. The van der Waals surface area contributed by atoms with Crippen LogP contribution in [0, 0.1) is 11.8 Å². The van der Waals surface area contributed by atoms with Gasteiger partial charge in [-0.25, -0.2) is 0 Å². The van der Waals surface area contributed by atoms with Crippen LogP contribution in [0.3, 0.4) is 0 Å². The second-order valence-electron chi connectivity index (χ2n) is 5.43. The monoisotopic (exact) mass is 313 g/mol. The van der Waals surface area contributed by atoms with E-state index in [4.69, 9.17) is 5.11 Å². The molecule has 1 aromatic carbocycles. The first-order valence-electron chi connectivity index (χ1n) is 7.20. The molecule has 1 fully saturated rings. The molecule has 1 aromatic heterocycles. The molecule has 3 N–H and O–H groups in total. The van der Waals surface area contributed by atoms with Crippen LogP contribution in [0.15, 0.2) is 36.5 Å². The number of carbonyl (C=O) groups is 3. The Balaban J connectivity index is 1.57. The summed E-state index contributed by atoms with van der Waals surface area (Å²) in [4.78, 5) is 38.6. The summed E-state index contributed by atoms with van der Waals surface area (Å²) in [5.74, 6) is -2.91. The smallest absolute Gasteiger partial charge is 0.307 e. The SMILES string of the molecule is O=C(CNC(=O)C1CC1C(=O)O)Nc1cccc2cccnc12. The zero-order valence-corrected chi connectivity index (χ0v) is 12.2. The Bertz CT molecular complexity index is 784. The Morgan fingerprint density at radius 1 is 1.17 bits per heavy atom. The van der Waals surface area contributed by atoms with E-state index < -0.39 is 23.7 Å². The number of aliphatic carboxylic acids is 1. The van der Waals surface area contributed by atoms with Gasteiger partial charge in [0.25, 0.3) is 0 Å². The van der Waals surface area contributed by atoms with Crippen molar-refractivity contribution in [2.24, 2.45) is 11.8 Å². The average Bonchev–Trinajstić information content (AvgIpc) is 3.34. The standard InChI is InChI=1S/C16H15N3O4/c20-13(8-18-15(21)10-7-11(10)16(22)23)19-12-5-1-3-9-4-2-6-17-14(9)12/h1-6,10-11H,7-8H2,(H,18,21)(H,19,20)(H,22,23). The number of nitrogens with one attached hydrogen (secondary N) is 2. The molecule has 1 aliphatic carbocycles. The van der Waals surface area contributed by atoms with E-state index in [9.17, 15) is 14.4 Å². The van der Waals surface area contributed by atoms with Crippen LogP contribution in [-0.4, -0.2) is 34.4 Å². The number of para-hydroxylation sites is 1. The lowest BCUT2D eigenvalue weighted by Gasteiger charge is -2.08. The van der Waals surface area contributed by atoms with Gasteiger partial charge in [0.05, 0.1) is 29.6 Å². The summed E-state index contributed by atoms with van der Waals surface area (Å²) >= 11 is 0. The van der Waals surface area contributed by atoms with Crippen molar-refractivity contribution in [1.82, 2.24) is 10.3 Å². The maximum Gasteiger partial charge on any atom is 0.307 e. The number of hydrogen-bond acceptors (Lipinski definition) is 4. The molecule has 7 heteroatoms. The van der Waals surface area contributed by atoms with E-state index in [1.54, 1.807) is 18.3 Å². The molecule has 2 amide bonds. The number of carboxylic acid groups (broad SMARTS) is 1. The van der Waals surface area contributed by atoms with Crippen LogP contribution >= 0.6 is 0 Å². The fraction of sp³-hybridized carbons (Fsp3) is 0.250. The molecule has 1 heterocycles. The van der Waals surface area contributed by atoms with Crippen molar-refractivity contribution in [3.05, 3.63) is 36.5 Å². The van der Waals surface area contributed by atoms with Crippen molar-refractivity contribution in [2.45, 2.75) is 6.42 Å². The number of carbonyl (C=O) groups excluding carboxylic acids is 2. The molecule has 1 aliphatic rings. The summed E-state index contributed by atoms with van der Waals surface area (Å²) in [5.41, 5.74) is 1.24.